The average Bonchev–Trinajstić information content (AvgIpc) is 2.21. The predicted molar refractivity (Wildman–Crippen MR) is 82.6 cm³/mol. The number of hydrogen-bond acceptors (Lipinski definition) is 2. The highest BCUT2D eigenvalue weighted by atomic mass is 79.9. The van der Waals surface area contributed by atoms with E-state index in [9.17, 15) is 4.79 Å². The first-order chi connectivity index (χ1) is 8.31. The molecule has 1 amide bonds. The maximum Gasteiger partial charge on any atom is 0.241 e. The molecule has 1 aromatic carbocycles. The number of carbonyl (C=O) groups is 1. The van der Waals surface area contributed by atoms with Crippen molar-refractivity contribution in [1.82, 2.24) is 0 Å². The minimum Gasteiger partial charge on any atom is -0.323 e. The fourth-order valence-electron chi connectivity index (χ4n) is 1.65. The van der Waals surface area contributed by atoms with Crippen molar-refractivity contribution in [2.24, 2.45) is 11.7 Å². The van der Waals surface area contributed by atoms with Gasteiger partial charge in [-0.1, -0.05) is 13.8 Å². The van der Waals surface area contributed by atoms with E-state index in [4.69, 9.17) is 5.73 Å². The van der Waals surface area contributed by atoms with Crippen LogP contribution in [0.5, 0.6) is 0 Å². The molecular weight excluding hydrogens is 360 g/mol. The fourth-order valence-corrected chi connectivity index (χ4v) is 3.26. The highest BCUT2D eigenvalue weighted by molar-refractivity contribution is 9.11. The second kappa shape index (κ2) is 6.68. The molecule has 1 aromatic rings. The van der Waals surface area contributed by atoms with Crippen LogP contribution < -0.4 is 11.1 Å². The van der Waals surface area contributed by atoms with Gasteiger partial charge in [-0.05, 0) is 68.8 Å². The minimum absolute atomic E-state index is 0.158. The smallest absolute Gasteiger partial charge is 0.241 e. The lowest BCUT2D eigenvalue weighted by molar-refractivity contribution is -0.117. The lowest BCUT2D eigenvalue weighted by Gasteiger charge is -2.16. The summed E-state index contributed by atoms with van der Waals surface area (Å²) in [6.45, 7) is 6.08. The zero-order valence-corrected chi connectivity index (χ0v) is 13.9. The van der Waals surface area contributed by atoms with Gasteiger partial charge in [0.05, 0.1) is 11.7 Å². The van der Waals surface area contributed by atoms with E-state index in [1.54, 1.807) is 0 Å². The summed E-state index contributed by atoms with van der Waals surface area (Å²) in [6, 6.07) is 3.42. The van der Waals surface area contributed by atoms with Crippen molar-refractivity contribution in [3.63, 3.8) is 0 Å². The highest BCUT2D eigenvalue weighted by Crippen LogP contribution is 2.32. The number of rotatable bonds is 4. The fraction of sp³-hybridized carbons (Fsp3) is 0.462. The van der Waals surface area contributed by atoms with Crippen molar-refractivity contribution in [2.75, 3.05) is 5.32 Å². The van der Waals surface area contributed by atoms with E-state index in [1.165, 1.54) is 0 Å². The standard InChI is InChI=1S/C13H18Br2N2O/c1-7(2)4-11(16)13(18)17-12-9(14)5-8(3)6-10(12)15/h5-7,11H,4,16H2,1-3H3,(H,17,18). The topological polar surface area (TPSA) is 55.1 Å². The second-order valence-corrected chi connectivity index (χ2v) is 6.54. The monoisotopic (exact) mass is 376 g/mol. The Morgan fingerprint density at radius 3 is 2.28 bits per heavy atom. The van der Waals surface area contributed by atoms with Crippen molar-refractivity contribution in [2.45, 2.75) is 33.2 Å². The number of aryl methyl sites for hydroxylation is 1. The third-order valence-electron chi connectivity index (χ3n) is 2.50. The van der Waals surface area contributed by atoms with Gasteiger partial charge >= 0.3 is 0 Å². The molecule has 0 aliphatic carbocycles. The van der Waals surface area contributed by atoms with Gasteiger partial charge in [0.1, 0.15) is 0 Å². The largest absolute Gasteiger partial charge is 0.323 e. The number of nitrogens with two attached hydrogens (primary N) is 1. The number of benzene rings is 1. The second-order valence-electron chi connectivity index (χ2n) is 4.83. The SMILES string of the molecule is Cc1cc(Br)c(NC(=O)C(N)CC(C)C)c(Br)c1. The molecule has 3 nitrogen and oxygen atoms in total. The first-order valence-electron chi connectivity index (χ1n) is 5.83. The molecule has 0 saturated heterocycles. The minimum atomic E-state index is -0.481. The summed E-state index contributed by atoms with van der Waals surface area (Å²) in [5.74, 6) is 0.240. The van der Waals surface area contributed by atoms with Gasteiger partial charge in [0, 0.05) is 8.95 Å². The molecule has 0 saturated carbocycles. The lowest BCUT2D eigenvalue weighted by atomic mass is 10.0. The Morgan fingerprint density at radius 2 is 1.83 bits per heavy atom. The molecule has 0 spiro atoms. The summed E-state index contributed by atoms with van der Waals surface area (Å²) < 4.78 is 1.69. The predicted octanol–water partition coefficient (Wildman–Crippen LogP) is 3.83. The molecule has 0 aliphatic rings. The molecule has 5 heteroatoms. The Kier molecular flexibility index (Phi) is 5.82. The molecule has 100 valence electrons. The molecule has 0 aliphatic heterocycles. The first kappa shape index (κ1) is 15.7. The van der Waals surface area contributed by atoms with E-state index >= 15 is 0 Å². The Morgan fingerprint density at radius 1 is 1.33 bits per heavy atom. The highest BCUT2D eigenvalue weighted by Gasteiger charge is 2.17. The third-order valence-corrected chi connectivity index (χ3v) is 3.75. The number of hydrogen-bond donors (Lipinski definition) is 2. The van der Waals surface area contributed by atoms with E-state index in [-0.39, 0.29) is 5.91 Å². The molecule has 3 N–H and O–H groups in total. The molecule has 0 fully saturated rings. The van der Waals surface area contributed by atoms with Crippen LogP contribution in [0.2, 0.25) is 0 Å². The van der Waals surface area contributed by atoms with Crippen LogP contribution >= 0.6 is 31.9 Å². The Labute approximate surface area is 125 Å². The van der Waals surface area contributed by atoms with Crippen LogP contribution in [-0.2, 0) is 4.79 Å². The first-order valence-corrected chi connectivity index (χ1v) is 7.42. The van der Waals surface area contributed by atoms with Crippen LogP contribution in [0.3, 0.4) is 0 Å². The van der Waals surface area contributed by atoms with Crippen molar-refractivity contribution in [3.8, 4) is 0 Å². The van der Waals surface area contributed by atoms with Crippen LogP contribution in [0.1, 0.15) is 25.8 Å². The van der Waals surface area contributed by atoms with E-state index in [2.05, 4.69) is 37.2 Å². The molecule has 1 rings (SSSR count). The van der Waals surface area contributed by atoms with Crippen molar-refractivity contribution in [1.29, 1.82) is 0 Å². The zero-order valence-electron chi connectivity index (χ0n) is 10.8. The molecule has 18 heavy (non-hydrogen) atoms. The number of carbonyl (C=O) groups excluding carboxylic acids is 1. The summed E-state index contributed by atoms with van der Waals surface area (Å²) in [6.07, 6.45) is 0.674. The zero-order chi connectivity index (χ0) is 13.9. The molecule has 0 bridgehead atoms. The van der Waals surface area contributed by atoms with Gasteiger partial charge in [-0.25, -0.2) is 0 Å². The summed E-state index contributed by atoms with van der Waals surface area (Å²) in [7, 11) is 0. The summed E-state index contributed by atoms with van der Waals surface area (Å²) in [5, 5.41) is 2.85. The number of nitrogens with one attached hydrogen (secondary N) is 1. The van der Waals surface area contributed by atoms with Gasteiger partial charge in [-0.3, -0.25) is 4.79 Å². The maximum absolute atomic E-state index is 12.0. The van der Waals surface area contributed by atoms with Crippen LogP contribution in [0.15, 0.2) is 21.1 Å². The van der Waals surface area contributed by atoms with Crippen molar-refractivity contribution >= 4 is 43.5 Å². The molecule has 1 unspecified atom stereocenters. The molecule has 1 atom stereocenters. The van der Waals surface area contributed by atoms with Crippen molar-refractivity contribution < 1.29 is 4.79 Å². The van der Waals surface area contributed by atoms with Gasteiger partial charge in [-0.15, -0.1) is 0 Å². The molecule has 0 heterocycles. The van der Waals surface area contributed by atoms with Crippen LogP contribution in [-0.4, -0.2) is 11.9 Å². The summed E-state index contributed by atoms with van der Waals surface area (Å²) in [5.41, 5.74) is 7.69. The molecule has 0 radical (unpaired) electrons. The van der Waals surface area contributed by atoms with E-state index in [0.29, 0.717) is 12.3 Å². The Hall–Kier alpha value is -0.390. The molecule has 0 aromatic heterocycles. The summed E-state index contributed by atoms with van der Waals surface area (Å²) in [4.78, 5) is 12.0. The van der Waals surface area contributed by atoms with E-state index in [0.717, 1.165) is 20.2 Å². The van der Waals surface area contributed by atoms with Crippen molar-refractivity contribution in [3.05, 3.63) is 26.6 Å². The third kappa shape index (κ3) is 4.37. The maximum atomic E-state index is 12.0. The number of anilines is 1. The van der Waals surface area contributed by atoms with E-state index < -0.39 is 6.04 Å². The van der Waals surface area contributed by atoms with E-state index in [1.807, 2.05) is 32.9 Å². The normalized spacial score (nSPS) is 12.6. The van der Waals surface area contributed by atoms with Crippen LogP contribution in [0.25, 0.3) is 0 Å². The number of halogens is 2. The lowest BCUT2D eigenvalue weighted by Crippen LogP contribution is -2.36. The van der Waals surface area contributed by atoms with Crippen LogP contribution in [0, 0.1) is 12.8 Å². The van der Waals surface area contributed by atoms with Gasteiger partial charge in [0.15, 0.2) is 0 Å². The average molecular weight is 378 g/mol. The van der Waals surface area contributed by atoms with Crippen LogP contribution in [0.4, 0.5) is 5.69 Å². The molecular formula is C13H18Br2N2O. The Balaban J connectivity index is 2.82. The number of amides is 1. The van der Waals surface area contributed by atoms with Gasteiger partial charge < -0.3 is 11.1 Å². The quantitative estimate of drug-likeness (QED) is 0.837. The Bertz CT molecular complexity index is 424. The van der Waals surface area contributed by atoms with Gasteiger partial charge in [-0.2, -0.15) is 0 Å². The van der Waals surface area contributed by atoms with Gasteiger partial charge in [0.25, 0.3) is 0 Å². The van der Waals surface area contributed by atoms with Gasteiger partial charge in [0.2, 0.25) is 5.91 Å². The summed E-state index contributed by atoms with van der Waals surface area (Å²) >= 11 is 6.88.